The van der Waals surface area contributed by atoms with Gasteiger partial charge >= 0.3 is 5.69 Å². The van der Waals surface area contributed by atoms with Crippen molar-refractivity contribution in [3.8, 4) is 0 Å². The van der Waals surface area contributed by atoms with Crippen molar-refractivity contribution in [1.29, 1.82) is 0 Å². The maximum absolute atomic E-state index is 11.2. The first-order chi connectivity index (χ1) is 6.50. The molecule has 0 bridgehead atoms. The highest BCUT2D eigenvalue weighted by Crippen LogP contribution is 1.97. The average molecular weight is 197 g/mol. The Morgan fingerprint density at radius 2 is 2.14 bits per heavy atom. The predicted octanol–water partition coefficient (Wildman–Crippen LogP) is 0.141. The summed E-state index contributed by atoms with van der Waals surface area (Å²) in [6.45, 7) is 4.82. The minimum Gasteiger partial charge on any atom is -0.371 e. The van der Waals surface area contributed by atoms with Crippen LogP contribution in [-0.4, -0.2) is 16.1 Å². The van der Waals surface area contributed by atoms with Gasteiger partial charge in [-0.3, -0.25) is 14.3 Å². The zero-order valence-corrected chi connectivity index (χ0v) is 8.63. The van der Waals surface area contributed by atoms with Gasteiger partial charge in [0, 0.05) is 19.7 Å². The molecule has 0 amide bonds. The Morgan fingerprint density at radius 1 is 1.50 bits per heavy atom. The number of aromatic amines is 1. The molecule has 0 spiro atoms. The fourth-order valence-corrected chi connectivity index (χ4v) is 0.965. The second-order valence-electron chi connectivity index (χ2n) is 3.66. The van der Waals surface area contributed by atoms with Crippen LogP contribution in [0.1, 0.15) is 13.8 Å². The molecule has 0 aliphatic carbocycles. The molecule has 1 rings (SSSR count). The van der Waals surface area contributed by atoms with E-state index in [2.05, 4.69) is 10.3 Å². The third kappa shape index (κ3) is 2.48. The van der Waals surface area contributed by atoms with Crippen LogP contribution in [0.15, 0.2) is 15.7 Å². The smallest absolute Gasteiger partial charge is 0.329 e. The molecule has 1 aromatic heterocycles. The molecular weight excluding hydrogens is 182 g/mol. The molecule has 78 valence electrons. The lowest BCUT2D eigenvalue weighted by Crippen LogP contribution is -2.32. The fraction of sp³-hybridized carbons (Fsp3) is 0.556. The lowest BCUT2D eigenvalue weighted by atomic mass is 10.2. The van der Waals surface area contributed by atoms with E-state index in [9.17, 15) is 9.59 Å². The van der Waals surface area contributed by atoms with E-state index in [1.807, 2.05) is 13.8 Å². The van der Waals surface area contributed by atoms with Crippen LogP contribution in [0.3, 0.4) is 0 Å². The van der Waals surface area contributed by atoms with E-state index in [-0.39, 0.29) is 5.56 Å². The molecule has 0 radical (unpaired) electrons. The maximum Gasteiger partial charge on any atom is 0.329 e. The van der Waals surface area contributed by atoms with Crippen LogP contribution in [0, 0.1) is 5.92 Å². The van der Waals surface area contributed by atoms with E-state index < -0.39 is 5.69 Å². The number of nitrogens with zero attached hydrogens (tertiary/aromatic N) is 1. The van der Waals surface area contributed by atoms with Gasteiger partial charge in [-0.15, -0.1) is 0 Å². The zero-order chi connectivity index (χ0) is 10.7. The first-order valence-electron chi connectivity index (χ1n) is 4.55. The fourth-order valence-electron chi connectivity index (χ4n) is 0.965. The number of anilines is 1. The molecule has 2 N–H and O–H groups in total. The van der Waals surface area contributed by atoms with E-state index in [1.54, 1.807) is 0 Å². The van der Waals surface area contributed by atoms with Crippen molar-refractivity contribution < 1.29 is 0 Å². The molecule has 0 fully saturated rings. The largest absolute Gasteiger partial charge is 0.371 e. The Kier molecular flexibility index (Phi) is 3.11. The van der Waals surface area contributed by atoms with E-state index >= 15 is 0 Å². The Bertz CT molecular complexity index is 386. The number of rotatable bonds is 3. The van der Waals surface area contributed by atoms with Crippen molar-refractivity contribution in [2.24, 2.45) is 13.0 Å². The molecule has 5 nitrogen and oxygen atoms in total. The summed E-state index contributed by atoms with van der Waals surface area (Å²) in [5, 5.41) is 2.98. The zero-order valence-electron chi connectivity index (χ0n) is 8.63. The van der Waals surface area contributed by atoms with Gasteiger partial charge in [0.15, 0.2) is 0 Å². The third-order valence-corrected chi connectivity index (χ3v) is 1.85. The van der Waals surface area contributed by atoms with Crippen molar-refractivity contribution in [2.75, 3.05) is 11.9 Å². The van der Waals surface area contributed by atoms with E-state index in [1.165, 1.54) is 13.1 Å². The molecule has 1 heterocycles. The molecule has 5 heteroatoms. The van der Waals surface area contributed by atoms with E-state index in [4.69, 9.17) is 0 Å². The average Bonchev–Trinajstić information content (AvgIpc) is 2.10. The number of H-pyrrole nitrogens is 1. The highest BCUT2D eigenvalue weighted by atomic mass is 16.2. The number of hydrogen-bond donors (Lipinski definition) is 2. The summed E-state index contributed by atoms with van der Waals surface area (Å²) in [5.74, 6) is 0.939. The highest BCUT2D eigenvalue weighted by molar-refractivity contribution is 5.31. The summed E-state index contributed by atoms with van der Waals surface area (Å²) in [6, 6.07) is 1.38. The van der Waals surface area contributed by atoms with Gasteiger partial charge in [-0.05, 0) is 5.92 Å². The highest BCUT2D eigenvalue weighted by Gasteiger charge is 2.00. The van der Waals surface area contributed by atoms with Gasteiger partial charge in [0.05, 0.1) is 0 Å². The van der Waals surface area contributed by atoms with Crippen molar-refractivity contribution in [2.45, 2.75) is 13.8 Å². The van der Waals surface area contributed by atoms with Crippen molar-refractivity contribution in [1.82, 2.24) is 9.55 Å². The van der Waals surface area contributed by atoms with Gasteiger partial charge in [0.2, 0.25) is 0 Å². The SMILES string of the molecule is CC(C)CNc1cc(=O)n(C)c(=O)[nH]1. The second-order valence-corrected chi connectivity index (χ2v) is 3.66. The monoisotopic (exact) mass is 197 g/mol. The van der Waals surface area contributed by atoms with Crippen molar-refractivity contribution >= 4 is 5.82 Å². The molecule has 1 aromatic rings. The Labute approximate surface area is 81.8 Å². The number of hydrogen-bond acceptors (Lipinski definition) is 3. The van der Waals surface area contributed by atoms with Crippen LogP contribution in [0.4, 0.5) is 5.82 Å². The van der Waals surface area contributed by atoms with Gasteiger partial charge in [-0.2, -0.15) is 0 Å². The number of aromatic nitrogens is 2. The molecule has 0 aliphatic rings. The lowest BCUT2D eigenvalue weighted by Gasteiger charge is -2.08. The summed E-state index contributed by atoms with van der Waals surface area (Å²) in [4.78, 5) is 24.9. The lowest BCUT2D eigenvalue weighted by molar-refractivity contribution is 0.683. The summed E-state index contributed by atoms with van der Waals surface area (Å²) in [6.07, 6.45) is 0. The first kappa shape index (κ1) is 10.6. The van der Waals surface area contributed by atoms with Gasteiger partial charge in [0.1, 0.15) is 5.82 Å². The molecule has 14 heavy (non-hydrogen) atoms. The Morgan fingerprint density at radius 3 is 2.64 bits per heavy atom. The quantitative estimate of drug-likeness (QED) is 0.724. The first-order valence-corrected chi connectivity index (χ1v) is 4.55. The molecule has 0 aromatic carbocycles. The maximum atomic E-state index is 11.2. The van der Waals surface area contributed by atoms with Gasteiger partial charge in [0.25, 0.3) is 5.56 Å². The van der Waals surface area contributed by atoms with Crippen LogP contribution < -0.4 is 16.6 Å². The van der Waals surface area contributed by atoms with Crippen LogP contribution in [-0.2, 0) is 7.05 Å². The summed E-state index contributed by atoms with van der Waals surface area (Å²) in [5.41, 5.74) is -0.705. The standard InChI is InChI=1S/C9H15N3O2/c1-6(2)5-10-7-4-8(13)12(3)9(14)11-7/h4,6,10H,5H2,1-3H3,(H,11,14). The summed E-state index contributed by atoms with van der Waals surface area (Å²) in [7, 11) is 1.44. The topological polar surface area (TPSA) is 66.9 Å². The van der Waals surface area contributed by atoms with E-state index in [0.717, 1.165) is 11.1 Å². The van der Waals surface area contributed by atoms with Crippen LogP contribution in [0.2, 0.25) is 0 Å². The number of nitrogens with one attached hydrogen (secondary N) is 2. The van der Waals surface area contributed by atoms with Crippen LogP contribution >= 0.6 is 0 Å². The summed E-state index contributed by atoms with van der Waals surface area (Å²) >= 11 is 0. The van der Waals surface area contributed by atoms with Crippen molar-refractivity contribution in [3.63, 3.8) is 0 Å². The third-order valence-electron chi connectivity index (χ3n) is 1.85. The molecule has 0 unspecified atom stereocenters. The molecule has 0 saturated heterocycles. The minimum absolute atomic E-state index is 0.306. The summed E-state index contributed by atoms with van der Waals surface area (Å²) < 4.78 is 1.03. The van der Waals surface area contributed by atoms with E-state index in [0.29, 0.717) is 11.7 Å². The molecule has 0 saturated carbocycles. The predicted molar refractivity (Wildman–Crippen MR) is 55.6 cm³/mol. The molecular formula is C9H15N3O2. The molecule has 0 aliphatic heterocycles. The Hall–Kier alpha value is -1.52. The van der Waals surface area contributed by atoms with Gasteiger partial charge in [-0.25, -0.2) is 4.79 Å². The second kappa shape index (κ2) is 4.13. The van der Waals surface area contributed by atoms with Crippen molar-refractivity contribution in [3.05, 3.63) is 26.9 Å². The Balaban J connectivity index is 2.91. The van der Waals surface area contributed by atoms with Crippen LogP contribution in [0.25, 0.3) is 0 Å². The normalized spacial score (nSPS) is 10.6. The van der Waals surface area contributed by atoms with Gasteiger partial charge in [-0.1, -0.05) is 13.8 Å². The van der Waals surface area contributed by atoms with Gasteiger partial charge < -0.3 is 5.32 Å². The van der Waals surface area contributed by atoms with Crippen LogP contribution in [0.5, 0.6) is 0 Å². The molecule has 0 atom stereocenters. The minimum atomic E-state index is -0.399.